The molecule has 0 rings (SSSR count). The molecule has 0 heterocycles. The van der Waals surface area contributed by atoms with Crippen molar-refractivity contribution in [2.75, 3.05) is 13.1 Å². The SMILES string of the molecule is CCC(C)=NCCCCCCCCN=C(C)CC. The Bertz CT molecular complexity index is 215. The Morgan fingerprint density at radius 2 is 0.944 bits per heavy atom. The minimum atomic E-state index is 1.03. The fraction of sp³-hybridized carbons (Fsp3) is 0.875. The van der Waals surface area contributed by atoms with Gasteiger partial charge in [0.25, 0.3) is 0 Å². The van der Waals surface area contributed by atoms with E-state index in [9.17, 15) is 0 Å². The van der Waals surface area contributed by atoms with Crippen LogP contribution in [-0.2, 0) is 0 Å². The lowest BCUT2D eigenvalue weighted by atomic mass is 10.1. The molecule has 0 spiro atoms. The summed E-state index contributed by atoms with van der Waals surface area (Å²) in [7, 11) is 0. The van der Waals surface area contributed by atoms with Gasteiger partial charge in [0, 0.05) is 24.5 Å². The van der Waals surface area contributed by atoms with Crippen molar-refractivity contribution >= 4 is 11.4 Å². The first kappa shape index (κ1) is 17.3. The second-order valence-electron chi connectivity index (χ2n) is 5.06. The lowest BCUT2D eigenvalue weighted by Gasteiger charge is -2.01. The highest BCUT2D eigenvalue weighted by atomic mass is 14.7. The smallest absolute Gasteiger partial charge is 0.0388 e. The lowest BCUT2D eigenvalue weighted by molar-refractivity contribution is 0.601. The van der Waals surface area contributed by atoms with E-state index in [2.05, 4.69) is 37.7 Å². The van der Waals surface area contributed by atoms with Crippen LogP contribution in [-0.4, -0.2) is 24.5 Å². The van der Waals surface area contributed by atoms with Gasteiger partial charge in [-0.15, -0.1) is 0 Å². The van der Waals surface area contributed by atoms with E-state index in [4.69, 9.17) is 0 Å². The monoisotopic (exact) mass is 252 g/mol. The number of hydrogen-bond donors (Lipinski definition) is 0. The predicted molar refractivity (Wildman–Crippen MR) is 84.2 cm³/mol. The van der Waals surface area contributed by atoms with Crippen LogP contribution in [0.25, 0.3) is 0 Å². The van der Waals surface area contributed by atoms with Gasteiger partial charge in [0.2, 0.25) is 0 Å². The van der Waals surface area contributed by atoms with Crippen LogP contribution in [0.1, 0.15) is 79.1 Å². The van der Waals surface area contributed by atoms with Gasteiger partial charge in [-0.1, -0.05) is 39.5 Å². The molecule has 106 valence electrons. The van der Waals surface area contributed by atoms with Crippen LogP contribution in [0.2, 0.25) is 0 Å². The molecule has 0 aliphatic carbocycles. The molecule has 0 atom stereocenters. The van der Waals surface area contributed by atoms with Crippen LogP contribution >= 0.6 is 0 Å². The molecule has 0 aromatic heterocycles. The summed E-state index contributed by atoms with van der Waals surface area (Å²) < 4.78 is 0. The van der Waals surface area contributed by atoms with E-state index in [-0.39, 0.29) is 0 Å². The molecular formula is C16H32N2. The molecule has 0 aliphatic rings. The molecule has 0 fully saturated rings. The molecule has 0 saturated heterocycles. The van der Waals surface area contributed by atoms with E-state index in [1.165, 1.54) is 49.9 Å². The van der Waals surface area contributed by atoms with Gasteiger partial charge >= 0.3 is 0 Å². The van der Waals surface area contributed by atoms with Crippen LogP contribution in [0.15, 0.2) is 9.98 Å². The second-order valence-corrected chi connectivity index (χ2v) is 5.06. The summed E-state index contributed by atoms with van der Waals surface area (Å²) in [5.41, 5.74) is 2.58. The zero-order valence-corrected chi connectivity index (χ0v) is 13.0. The molecule has 0 bridgehead atoms. The average molecular weight is 252 g/mol. The second kappa shape index (κ2) is 12.8. The molecule has 0 aliphatic heterocycles. The van der Waals surface area contributed by atoms with Crippen molar-refractivity contribution < 1.29 is 0 Å². The van der Waals surface area contributed by atoms with Crippen LogP contribution in [0, 0.1) is 0 Å². The van der Waals surface area contributed by atoms with Crippen LogP contribution in [0.5, 0.6) is 0 Å². The Hall–Kier alpha value is -0.660. The van der Waals surface area contributed by atoms with Crippen molar-refractivity contribution in [3.8, 4) is 0 Å². The van der Waals surface area contributed by atoms with Gasteiger partial charge in [0.15, 0.2) is 0 Å². The van der Waals surface area contributed by atoms with Crippen LogP contribution in [0.3, 0.4) is 0 Å². The highest BCUT2D eigenvalue weighted by molar-refractivity contribution is 5.81. The first-order valence-corrected chi connectivity index (χ1v) is 7.70. The third kappa shape index (κ3) is 11.8. The standard InChI is InChI=1S/C16H32N2/c1-5-15(3)17-13-11-9-7-8-10-12-14-18-16(4)6-2/h5-14H2,1-4H3. The van der Waals surface area contributed by atoms with E-state index < -0.39 is 0 Å². The Kier molecular flexibility index (Phi) is 12.3. The van der Waals surface area contributed by atoms with Crippen molar-refractivity contribution in [2.45, 2.75) is 79.1 Å². The molecule has 2 nitrogen and oxygen atoms in total. The van der Waals surface area contributed by atoms with Crippen molar-refractivity contribution in [1.29, 1.82) is 0 Å². The maximum absolute atomic E-state index is 4.52. The Morgan fingerprint density at radius 1 is 0.611 bits per heavy atom. The summed E-state index contributed by atoms with van der Waals surface area (Å²) in [5.74, 6) is 0. The number of aliphatic imine (C=N–C) groups is 2. The van der Waals surface area contributed by atoms with Gasteiger partial charge in [-0.2, -0.15) is 0 Å². The Labute approximate surface area is 114 Å². The number of rotatable bonds is 11. The highest BCUT2D eigenvalue weighted by Gasteiger charge is 1.92. The molecule has 0 amide bonds. The van der Waals surface area contributed by atoms with Gasteiger partial charge in [0.05, 0.1) is 0 Å². The fourth-order valence-corrected chi connectivity index (χ4v) is 1.69. The summed E-state index contributed by atoms with van der Waals surface area (Å²) in [6.07, 6.45) is 10.1. The summed E-state index contributed by atoms with van der Waals surface area (Å²) in [4.78, 5) is 9.04. The summed E-state index contributed by atoms with van der Waals surface area (Å²) in [6, 6.07) is 0. The molecule has 0 unspecified atom stereocenters. The molecule has 2 heteroatoms. The topological polar surface area (TPSA) is 24.7 Å². The molecule has 18 heavy (non-hydrogen) atoms. The van der Waals surface area contributed by atoms with Gasteiger partial charge in [-0.3, -0.25) is 9.98 Å². The van der Waals surface area contributed by atoms with E-state index in [1.54, 1.807) is 0 Å². The fourth-order valence-electron chi connectivity index (χ4n) is 1.69. The molecular weight excluding hydrogens is 220 g/mol. The zero-order valence-electron chi connectivity index (χ0n) is 13.0. The van der Waals surface area contributed by atoms with E-state index in [1.807, 2.05) is 0 Å². The van der Waals surface area contributed by atoms with Crippen molar-refractivity contribution in [3.63, 3.8) is 0 Å². The van der Waals surface area contributed by atoms with E-state index >= 15 is 0 Å². The van der Waals surface area contributed by atoms with Crippen molar-refractivity contribution in [3.05, 3.63) is 0 Å². The average Bonchev–Trinajstić information content (AvgIpc) is 2.40. The van der Waals surface area contributed by atoms with E-state index in [0.717, 1.165) is 25.9 Å². The molecule has 0 aromatic rings. The summed E-state index contributed by atoms with van der Waals surface area (Å²) in [6.45, 7) is 10.6. The number of nitrogens with zero attached hydrogens (tertiary/aromatic N) is 2. The highest BCUT2D eigenvalue weighted by Crippen LogP contribution is 2.06. The Balaban J connectivity index is 3.22. The number of unbranched alkanes of at least 4 members (excludes halogenated alkanes) is 5. The van der Waals surface area contributed by atoms with Gasteiger partial charge in [-0.05, 0) is 39.5 Å². The Morgan fingerprint density at radius 3 is 1.28 bits per heavy atom. The molecule has 0 N–H and O–H groups in total. The summed E-state index contributed by atoms with van der Waals surface area (Å²) >= 11 is 0. The van der Waals surface area contributed by atoms with E-state index in [0.29, 0.717) is 0 Å². The maximum atomic E-state index is 4.52. The third-order valence-corrected chi connectivity index (χ3v) is 3.35. The van der Waals surface area contributed by atoms with Gasteiger partial charge in [-0.25, -0.2) is 0 Å². The molecule has 0 aromatic carbocycles. The minimum Gasteiger partial charge on any atom is -0.294 e. The van der Waals surface area contributed by atoms with Gasteiger partial charge < -0.3 is 0 Å². The van der Waals surface area contributed by atoms with Crippen LogP contribution in [0.4, 0.5) is 0 Å². The lowest BCUT2D eigenvalue weighted by Crippen LogP contribution is -1.92. The van der Waals surface area contributed by atoms with Gasteiger partial charge in [0.1, 0.15) is 0 Å². The summed E-state index contributed by atoms with van der Waals surface area (Å²) in [5, 5.41) is 0. The molecule has 0 radical (unpaired) electrons. The van der Waals surface area contributed by atoms with Crippen molar-refractivity contribution in [1.82, 2.24) is 0 Å². The van der Waals surface area contributed by atoms with Crippen LogP contribution < -0.4 is 0 Å². The van der Waals surface area contributed by atoms with Crippen molar-refractivity contribution in [2.24, 2.45) is 9.98 Å². The quantitative estimate of drug-likeness (QED) is 0.362. The first-order chi connectivity index (χ1) is 8.70. The third-order valence-electron chi connectivity index (χ3n) is 3.35. The minimum absolute atomic E-state index is 1.03. The number of hydrogen-bond acceptors (Lipinski definition) is 2. The zero-order chi connectivity index (χ0) is 13.6. The normalized spacial score (nSPS) is 13.1. The predicted octanol–water partition coefficient (Wildman–Crippen LogP) is 5.07. The largest absolute Gasteiger partial charge is 0.294 e. The maximum Gasteiger partial charge on any atom is 0.0388 e. The first-order valence-electron chi connectivity index (χ1n) is 7.70. The molecule has 0 saturated carbocycles.